The van der Waals surface area contributed by atoms with E-state index in [4.69, 9.17) is 4.98 Å². The third-order valence-corrected chi connectivity index (χ3v) is 7.22. The van der Waals surface area contributed by atoms with E-state index in [0.29, 0.717) is 18.8 Å². The van der Waals surface area contributed by atoms with Crippen molar-refractivity contribution in [3.05, 3.63) is 89.9 Å². The Bertz CT molecular complexity index is 1240. The molecule has 5 heterocycles. The summed E-state index contributed by atoms with van der Waals surface area (Å²) in [6.45, 7) is 4.06. The number of pyridine rings is 1. The van der Waals surface area contributed by atoms with Gasteiger partial charge in [0.1, 0.15) is 17.2 Å². The van der Waals surface area contributed by atoms with Gasteiger partial charge in [-0.2, -0.15) is 0 Å². The monoisotopic (exact) mass is 512 g/mol. The summed E-state index contributed by atoms with van der Waals surface area (Å²) in [7, 11) is 0. The van der Waals surface area contributed by atoms with Crippen LogP contribution in [0.25, 0.3) is 5.65 Å². The number of nitrogens with one attached hydrogen (secondary N) is 1. The molecule has 2 aliphatic rings. The van der Waals surface area contributed by atoms with Gasteiger partial charge in [-0.15, -0.1) is 24.8 Å². The van der Waals surface area contributed by atoms with Gasteiger partial charge in [-0.05, 0) is 30.5 Å². The molecule has 2 aliphatic heterocycles. The fourth-order valence-corrected chi connectivity index (χ4v) is 5.34. The third-order valence-electron chi connectivity index (χ3n) is 7.22. The lowest BCUT2D eigenvalue weighted by Gasteiger charge is -2.41. The number of rotatable bonds is 3. The number of nitrogens with zero attached hydrogens (tertiary/aromatic N) is 5. The Morgan fingerprint density at radius 1 is 0.886 bits per heavy atom. The minimum Gasteiger partial charge on any atom is -0.337 e. The highest BCUT2D eigenvalue weighted by Gasteiger charge is 2.41. The SMILES string of the molecule is Cl.Cl.O=C(c1cn2c(n1)CCNCC2)N1CCC(c2ccccc2)(c2cn3ccccc3n2)CC1. The molecule has 6 rings (SSSR count). The molecule has 0 atom stereocenters. The Morgan fingerprint density at radius 2 is 1.66 bits per heavy atom. The first-order chi connectivity index (χ1) is 16.2. The van der Waals surface area contributed by atoms with Gasteiger partial charge < -0.3 is 19.2 Å². The Labute approximate surface area is 217 Å². The van der Waals surface area contributed by atoms with Crippen LogP contribution in [0.4, 0.5) is 0 Å². The lowest BCUT2D eigenvalue weighted by Crippen LogP contribution is -2.46. The molecule has 0 bridgehead atoms. The maximum atomic E-state index is 13.3. The predicted molar refractivity (Wildman–Crippen MR) is 141 cm³/mol. The van der Waals surface area contributed by atoms with Crippen molar-refractivity contribution in [1.29, 1.82) is 0 Å². The molecule has 184 valence electrons. The summed E-state index contributed by atoms with van der Waals surface area (Å²) in [6, 6.07) is 16.7. The molecule has 0 aliphatic carbocycles. The second-order valence-corrected chi connectivity index (χ2v) is 9.07. The van der Waals surface area contributed by atoms with Gasteiger partial charge in [0.15, 0.2) is 0 Å². The molecule has 0 spiro atoms. The van der Waals surface area contributed by atoms with Crippen LogP contribution in [0, 0.1) is 0 Å². The largest absolute Gasteiger partial charge is 0.337 e. The number of imidazole rings is 2. The number of hydrogen-bond donors (Lipinski definition) is 1. The lowest BCUT2D eigenvalue weighted by atomic mass is 9.70. The summed E-state index contributed by atoms with van der Waals surface area (Å²) >= 11 is 0. The molecular formula is C26H30Cl2N6O. The maximum Gasteiger partial charge on any atom is 0.274 e. The minimum absolute atomic E-state index is 0. The zero-order valence-corrected chi connectivity index (χ0v) is 21.1. The van der Waals surface area contributed by atoms with Crippen molar-refractivity contribution < 1.29 is 4.79 Å². The van der Waals surface area contributed by atoms with E-state index in [1.54, 1.807) is 0 Å². The molecule has 1 aromatic carbocycles. The number of aromatic nitrogens is 4. The van der Waals surface area contributed by atoms with Crippen molar-refractivity contribution in [2.45, 2.75) is 31.2 Å². The summed E-state index contributed by atoms with van der Waals surface area (Å²) in [5, 5.41) is 3.38. The second-order valence-electron chi connectivity index (χ2n) is 9.07. The number of carbonyl (C=O) groups excluding carboxylic acids is 1. The lowest BCUT2D eigenvalue weighted by molar-refractivity contribution is 0.0678. The van der Waals surface area contributed by atoms with Gasteiger partial charge in [0.2, 0.25) is 0 Å². The van der Waals surface area contributed by atoms with Gasteiger partial charge in [0, 0.05) is 63.2 Å². The van der Waals surface area contributed by atoms with Gasteiger partial charge in [0.25, 0.3) is 5.91 Å². The summed E-state index contributed by atoms with van der Waals surface area (Å²) < 4.78 is 4.21. The highest BCUT2D eigenvalue weighted by Crippen LogP contribution is 2.41. The van der Waals surface area contributed by atoms with Crippen LogP contribution in [0.3, 0.4) is 0 Å². The van der Waals surface area contributed by atoms with Gasteiger partial charge >= 0.3 is 0 Å². The Hall–Kier alpha value is -2.87. The van der Waals surface area contributed by atoms with E-state index in [1.165, 1.54) is 5.56 Å². The molecule has 1 N–H and O–H groups in total. The molecular weight excluding hydrogens is 483 g/mol. The first-order valence-corrected chi connectivity index (χ1v) is 11.8. The molecule has 3 aromatic heterocycles. The van der Waals surface area contributed by atoms with Gasteiger partial charge in [-0.3, -0.25) is 4.79 Å². The normalized spacial score (nSPS) is 17.1. The fourth-order valence-electron chi connectivity index (χ4n) is 5.34. The van der Waals surface area contributed by atoms with E-state index in [0.717, 1.165) is 56.1 Å². The van der Waals surface area contributed by atoms with Crippen molar-refractivity contribution in [2.75, 3.05) is 26.2 Å². The van der Waals surface area contributed by atoms with Crippen molar-refractivity contribution in [3.8, 4) is 0 Å². The number of piperidine rings is 1. The van der Waals surface area contributed by atoms with Crippen molar-refractivity contribution in [2.24, 2.45) is 0 Å². The molecule has 1 saturated heterocycles. The van der Waals surface area contributed by atoms with Crippen LogP contribution < -0.4 is 5.32 Å². The average molecular weight is 513 g/mol. The first kappa shape index (κ1) is 25.2. The van der Waals surface area contributed by atoms with Crippen LogP contribution in [0.1, 0.15) is 40.4 Å². The van der Waals surface area contributed by atoms with E-state index in [9.17, 15) is 4.79 Å². The number of fused-ring (bicyclic) bond motifs is 2. The van der Waals surface area contributed by atoms with Crippen molar-refractivity contribution in [1.82, 2.24) is 29.2 Å². The third kappa shape index (κ3) is 4.56. The molecule has 7 nitrogen and oxygen atoms in total. The summed E-state index contributed by atoms with van der Waals surface area (Å²) in [5.41, 5.74) is 3.67. The topological polar surface area (TPSA) is 67.5 Å². The number of amides is 1. The van der Waals surface area contributed by atoms with Crippen LogP contribution >= 0.6 is 24.8 Å². The molecule has 0 radical (unpaired) electrons. The number of hydrogen-bond acceptors (Lipinski definition) is 4. The number of halogens is 2. The highest BCUT2D eigenvalue weighted by molar-refractivity contribution is 5.92. The van der Waals surface area contributed by atoms with E-state index in [2.05, 4.69) is 55.8 Å². The van der Waals surface area contributed by atoms with Crippen molar-refractivity contribution >= 4 is 36.4 Å². The Morgan fingerprint density at radius 3 is 2.43 bits per heavy atom. The summed E-state index contributed by atoms with van der Waals surface area (Å²) in [4.78, 5) is 25.0. The Kier molecular flexibility index (Phi) is 7.50. The first-order valence-electron chi connectivity index (χ1n) is 11.8. The predicted octanol–water partition coefficient (Wildman–Crippen LogP) is 3.74. The minimum atomic E-state index is -0.207. The zero-order valence-electron chi connectivity index (χ0n) is 19.5. The molecule has 4 aromatic rings. The van der Waals surface area contributed by atoms with Gasteiger partial charge in [-0.25, -0.2) is 9.97 Å². The van der Waals surface area contributed by atoms with Crippen LogP contribution in [-0.4, -0.2) is 55.9 Å². The fraction of sp³-hybridized carbons (Fsp3) is 0.346. The van der Waals surface area contributed by atoms with E-state index in [1.807, 2.05) is 35.5 Å². The quantitative estimate of drug-likeness (QED) is 0.453. The van der Waals surface area contributed by atoms with Crippen LogP contribution in [0.5, 0.6) is 0 Å². The zero-order chi connectivity index (χ0) is 22.3. The van der Waals surface area contributed by atoms with E-state index < -0.39 is 0 Å². The van der Waals surface area contributed by atoms with Crippen LogP contribution in [0.2, 0.25) is 0 Å². The van der Waals surface area contributed by atoms with Crippen LogP contribution in [-0.2, 0) is 18.4 Å². The van der Waals surface area contributed by atoms with Gasteiger partial charge in [0.05, 0.1) is 5.69 Å². The summed E-state index contributed by atoms with van der Waals surface area (Å²) in [5.74, 6) is 1.05. The molecule has 1 fully saturated rings. The molecule has 1 amide bonds. The van der Waals surface area contributed by atoms with Gasteiger partial charge in [-0.1, -0.05) is 36.4 Å². The smallest absolute Gasteiger partial charge is 0.274 e. The standard InChI is InChI=1S/C26H28N6O.2ClH/c33-25(21-18-32-17-13-27-12-9-24(32)28-21)30-15-10-26(11-16-30,20-6-2-1-3-7-20)22-19-31-14-5-4-8-23(31)29-22;;/h1-8,14,18-19,27H,9-13,15-17H2;2*1H. The average Bonchev–Trinajstić information content (AvgIpc) is 3.43. The van der Waals surface area contributed by atoms with Crippen LogP contribution in [0.15, 0.2) is 67.1 Å². The van der Waals surface area contributed by atoms with E-state index in [-0.39, 0.29) is 36.1 Å². The molecule has 35 heavy (non-hydrogen) atoms. The number of likely N-dealkylation sites (tertiary alicyclic amines) is 1. The molecule has 0 unspecified atom stereocenters. The number of benzene rings is 1. The van der Waals surface area contributed by atoms with Crippen molar-refractivity contribution in [3.63, 3.8) is 0 Å². The molecule has 9 heteroatoms. The van der Waals surface area contributed by atoms with E-state index >= 15 is 0 Å². The maximum absolute atomic E-state index is 13.3. The summed E-state index contributed by atoms with van der Waals surface area (Å²) in [6.07, 6.45) is 8.67. The highest BCUT2D eigenvalue weighted by atomic mass is 35.5. The second kappa shape index (κ2) is 10.4. The molecule has 0 saturated carbocycles. The Balaban J connectivity index is 0.00000144. The number of carbonyl (C=O) groups is 1.